The van der Waals surface area contributed by atoms with Gasteiger partial charge in [-0.3, -0.25) is 4.21 Å². The molecule has 0 unspecified atom stereocenters. The molecule has 1 aromatic heterocycles. The van der Waals surface area contributed by atoms with Gasteiger partial charge in [0.2, 0.25) is 5.16 Å². The zero-order valence-electron chi connectivity index (χ0n) is 14.2. The summed E-state index contributed by atoms with van der Waals surface area (Å²) in [6.45, 7) is 8.04. The molecule has 2 atom stereocenters. The Kier molecular flexibility index (Phi) is 5.73. The third-order valence-corrected chi connectivity index (χ3v) is 4.87. The van der Waals surface area contributed by atoms with E-state index >= 15 is 0 Å². The Morgan fingerprint density at radius 3 is 2.83 bits per heavy atom. The fourth-order valence-electron chi connectivity index (χ4n) is 2.52. The van der Waals surface area contributed by atoms with E-state index in [2.05, 4.69) is 9.97 Å². The number of rotatable bonds is 3. The number of nitrogens with zero attached hydrogens (tertiary/aromatic N) is 3. The van der Waals surface area contributed by atoms with Gasteiger partial charge in [-0.1, -0.05) is 0 Å². The Hall–Kier alpha value is -1.50. The summed E-state index contributed by atoms with van der Waals surface area (Å²) in [5, 5.41) is 0.333. The van der Waals surface area contributed by atoms with Crippen LogP contribution in [0.25, 0.3) is 0 Å². The van der Waals surface area contributed by atoms with E-state index in [1.807, 2.05) is 27.7 Å². The Morgan fingerprint density at radius 2 is 2.17 bits per heavy atom. The molecule has 1 aliphatic heterocycles. The number of likely N-dealkylation sites (tertiary alicyclic amines) is 1. The lowest BCUT2D eigenvalue weighted by atomic mass is 10.0. The van der Waals surface area contributed by atoms with Crippen molar-refractivity contribution >= 4 is 16.9 Å². The van der Waals surface area contributed by atoms with E-state index in [0.717, 1.165) is 25.0 Å². The molecule has 128 valence electrons. The predicted octanol–water partition coefficient (Wildman–Crippen LogP) is 2.68. The van der Waals surface area contributed by atoms with Crippen LogP contribution >= 0.6 is 0 Å². The van der Waals surface area contributed by atoms with Crippen LogP contribution in [0.15, 0.2) is 17.4 Å². The van der Waals surface area contributed by atoms with Gasteiger partial charge in [0, 0.05) is 24.5 Å². The van der Waals surface area contributed by atoms with E-state index in [4.69, 9.17) is 4.74 Å². The minimum Gasteiger partial charge on any atom is -0.444 e. The maximum absolute atomic E-state index is 12.5. The lowest BCUT2D eigenvalue weighted by Gasteiger charge is -2.36. The second-order valence-electron chi connectivity index (χ2n) is 6.82. The van der Waals surface area contributed by atoms with Crippen LogP contribution < -0.4 is 0 Å². The first-order valence-electron chi connectivity index (χ1n) is 7.94. The van der Waals surface area contributed by atoms with Crippen molar-refractivity contribution in [3.05, 3.63) is 18.0 Å². The normalized spacial score (nSPS) is 20.2. The summed E-state index contributed by atoms with van der Waals surface area (Å²) in [4.78, 5) is 22.4. The molecule has 1 aliphatic rings. The van der Waals surface area contributed by atoms with Crippen LogP contribution in [0.1, 0.15) is 45.7 Å². The molecule has 1 fully saturated rings. The van der Waals surface area contributed by atoms with Gasteiger partial charge in [-0.15, -0.1) is 0 Å². The Labute approximate surface area is 140 Å². The lowest BCUT2D eigenvalue weighted by molar-refractivity contribution is 0.0125. The summed E-state index contributed by atoms with van der Waals surface area (Å²) in [5.41, 5.74) is 0.258. The van der Waals surface area contributed by atoms with Gasteiger partial charge in [-0.2, -0.15) is 0 Å². The molecule has 1 saturated heterocycles. The van der Waals surface area contributed by atoms with Crippen LogP contribution in [0.4, 0.5) is 4.79 Å². The van der Waals surface area contributed by atoms with Crippen molar-refractivity contribution in [2.75, 3.05) is 12.3 Å². The first-order chi connectivity index (χ1) is 10.8. The topological polar surface area (TPSA) is 72.4 Å². The summed E-state index contributed by atoms with van der Waals surface area (Å²) < 4.78 is 18.0. The van der Waals surface area contributed by atoms with Gasteiger partial charge < -0.3 is 9.64 Å². The van der Waals surface area contributed by atoms with Crippen molar-refractivity contribution in [2.24, 2.45) is 0 Å². The molecule has 0 N–H and O–H groups in total. The number of carbonyl (C=O) groups excluding carboxylic acids is 1. The number of ether oxygens (including phenoxy) is 1. The van der Waals surface area contributed by atoms with Crippen LogP contribution in [-0.4, -0.2) is 49.1 Å². The monoisotopic (exact) mass is 339 g/mol. The number of carbonyl (C=O) groups is 1. The zero-order valence-corrected chi connectivity index (χ0v) is 15.1. The minimum atomic E-state index is -1.32. The molecule has 2 rings (SSSR count). The largest absolute Gasteiger partial charge is 0.444 e. The highest BCUT2D eigenvalue weighted by Gasteiger charge is 2.32. The Bertz CT molecular complexity index is 586. The van der Waals surface area contributed by atoms with Crippen molar-refractivity contribution in [2.45, 2.75) is 63.8 Å². The van der Waals surface area contributed by atoms with Gasteiger partial charge in [-0.25, -0.2) is 14.8 Å². The highest BCUT2D eigenvalue weighted by molar-refractivity contribution is 7.84. The van der Waals surface area contributed by atoms with Gasteiger partial charge in [0.1, 0.15) is 5.60 Å². The quantitative estimate of drug-likeness (QED) is 0.792. The number of amides is 1. The van der Waals surface area contributed by atoms with Gasteiger partial charge in [-0.05, 0) is 53.0 Å². The van der Waals surface area contributed by atoms with Crippen LogP contribution in [0.2, 0.25) is 0 Å². The number of hydrogen-bond donors (Lipinski definition) is 0. The summed E-state index contributed by atoms with van der Waals surface area (Å²) in [5.74, 6) is 0.350. The summed E-state index contributed by atoms with van der Waals surface area (Å²) in [6.07, 6.45) is 4.09. The fourth-order valence-corrected chi connectivity index (χ4v) is 3.79. The van der Waals surface area contributed by atoms with E-state index < -0.39 is 16.4 Å². The lowest BCUT2D eigenvalue weighted by Crippen LogP contribution is -2.48. The molecule has 23 heavy (non-hydrogen) atoms. The van der Waals surface area contributed by atoms with Crippen molar-refractivity contribution in [1.82, 2.24) is 14.9 Å². The van der Waals surface area contributed by atoms with Crippen molar-refractivity contribution in [3.63, 3.8) is 0 Å². The summed E-state index contributed by atoms with van der Waals surface area (Å²) in [6, 6.07) is 1.68. The standard InChI is InChI=1S/C16H25N3O3S/c1-12-8-9-17-14(18-12)23(21)11-13-7-5-6-10-19(13)15(20)22-16(2,3)4/h8-9,13H,5-7,10-11H2,1-4H3/t13-,23+/m0/s1. The van der Waals surface area contributed by atoms with Crippen molar-refractivity contribution < 1.29 is 13.7 Å². The number of aryl methyl sites for hydroxylation is 1. The van der Waals surface area contributed by atoms with Gasteiger partial charge >= 0.3 is 6.09 Å². The van der Waals surface area contributed by atoms with Crippen LogP contribution in [0.5, 0.6) is 0 Å². The van der Waals surface area contributed by atoms with Gasteiger partial charge in [0.25, 0.3) is 0 Å². The second kappa shape index (κ2) is 7.38. The number of hydrogen-bond acceptors (Lipinski definition) is 5. The van der Waals surface area contributed by atoms with Crippen molar-refractivity contribution in [3.8, 4) is 0 Å². The van der Waals surface area contributed by atoms with Crippen LogP contribution in [0.3, 0.4) is 0 Å². The van der Waals surface area contributed by atoms with E-state index in [9.17, 15) is 9.00 Å². The average Bonchev–Trinajstić information content (AvgIpc) is 2.46. The maximum atomic E-state index is 12.5. The average molecular weight is 339 g/mol. The molecule has 0 saturated carbocycles. The number of piperidine rings is 1. The molecular formula is C16H25N3O3S. The molecule has 0 spiro atoms. The summed E-state index contributed by atoms with van der Waals surface area (Å²) in [7, 11) is -1.32. The number of aromatic nitrogens is 2. The molecule has 0 bridgehead atoms. The molecule has 2 heterocycles. The van der Waals surface area contributed by atoms with Gasteiger partial charge in [0.05, 0.1) is 16.6 Å². The second-order valence-corrected chi connectivity index (χ2v) is 8.21. The molecule has 1 amide bonds. The highest BCUT2D eigenvalue weighted by atomic mass is 32.2. The van der Waals surface area contributed by atoms with Crippen LogP contribution in [-0.2, 0) is 15.5 Å². The smallest absolute Gasteiger partial charge is 0.410 e. The Balaban J connectivity index is 2.06. The first kappa shape index (κ1) is 17.8. The summed E-state index contributed by atoms with van der Waals surface area (Å²) >= 11 is 0. The molecule has 0 radical (unpaired) electrons. The van der Waals surface area contributed by atoms with E-state index in [1.165, 1.54) is 0 Å². The third-order valence-electron chi connectivity index (χ3n) is 3.58. The van der Waals surface area contributed by atoms with E-state index in [1.54, 1.807) is 17.2 Å². The van der Waals surface area contributed by atoms with Gasteiger partial charge in [0.15, 0.2) is 0 Å². The molecule has 0 aromatic carbocycles. The molecule has 6 nitrogen and oxygen atoms in total. The molecule has 1 aromatic rings. The van der Waals surface area contributed by atoms with E-state index in [0.29, 0.717) is 17.5 Å². The minimum absolute atomic E-state index is 0.0939. The molecular weight excluding hydrogens is 314 g/mol. The van der Waals surface area contributed by atoms with Crippen LogP contribution in [0, 0.1) is 6.92 Å². The van der Waals surface area contributed by atoms with Crippen molar-refractivity contribution in [1.29, 1.82) is 0 Å². The zero-order chi connectivity index (χ0) is 17.0. The first-order valence-corrected chi connectivity index (χ1v) is 9.26. The molecule has 7 heteroatoms. The Morgan fingerprint density at radius 1 is 1.43 bits per heavy atom. The SMILES string of the molecule is Cc1ccnc([S@](=O)C[C@@H]2CCCCN2C(=O)OC(C)(C)C)n1. The fraction of sp³-hybridized carbons (Fsp3) is 0.688. The third kappa shape index (κ3) is 5.27. The molecule has 0 aliphatic carbocycles. The van der Waals surface area contributed by atoms with E-state index in [-0.39, 0.29) is 12.1 Å². The maximum Gasteiger partial charge on any atom is 0.410 e. The predicted molar refractivity (Wildman–Crippen MR) is 88.6 cm³/mol. The highest BCUT2D eigenvalue weighted by Crippen LogP contribution is 2.22.